The molecule has 28 heavy (non-hydrogen) atoms. The van der Waals surface area contributed by atoms with E-state index in [2.05, 4.69) is 15.5 Å². The van der Waals surface area contributed by atoms with Crippen molar-refractivity contribution in [3.05, 3.63) is 78.1 Å². The molecule has 1 aliphatic heterocycles. The minimum absolute atomic E-state index is 0.0928. The highest BCUT2D eigenvalue weighted by Gasteiger charge is 2.28. The van der Waals surface area contributed by atoms with Gasteiger partial charge in [-0.1, -0.05) is 36.4 Å². The predicted octanol–water partition coefficient (Wildman–Crippen LogP) is 3.98. The number of aromatic amines is 1. The zero-order valence-electron chi connectivity index (χ0n) is 15.4. The number of nitrogens with zero attached hydrogens (tertiary/aromatic N) is 2. The van der Waals surface area contributed by atoms with Crippen molar-refractivity contribution in [1.82, 2.24) is 15.1 Å². The van der Waals surface area contributed by atoms with Gasteiger partial charge in [0.1, 0.15) is 0 Å². The van der Waals surface area contributed by atoms with Crippen LogP contribution in [0.3, 0.4) is 0 Å². The van der Waals surface area contributed by atoms with E-state index in [0.717, 1.165) is 22.4 Å². The minimum Gasteiger partial charge on any atom is -0.326 e. The lowest BCUT2D eigenvalue weighted by atomic mass is 9.93. The molecule has 0 radical (unpaired) electrons. The summed E-state index contributed by atoms with van der Waals surface area (Å²) in [6.07, 6.45) is 5.51. The minimum atomic E-state index is -0.325. The van der Waals surface area contributed by atoms with Crippen molar-refractivity contribution in [2.24, 2.45) is 0 Å². The van der Waals surface area contributed by atoms with Gasteiger partial charge in [0.2, 0.25) is 11.8 Å². The number of H-pyrrole nitrogens is 1. The normalized spacial score (nSPS) is 15.2. The molecular weight excluding hydrogens is 352 g/mol. The number of anilines is 1. The third kappa shape index (κ3) is 3.57. The quantitative estimate of drug-likeness (QED) is 0.727. The fourth-order valence-corrected chi connectivity index (χ4v) is 3.48. The Hall–Kier alpha value is -3.67. The first-order chi connectivity index (χ1) is 13.6. The van der Waals surface area contributed by atoms with Gasteiger partial charge in [-0.3, -0.25) is 14.7 Å². The Balaban J connectivity index is 1.53. The summed E-state index contributed by atoms with van der Waals surface area (Å²) < 4.78 is 0. The number of aromatic nitrogens is 2. The number of rotatable bonds is 4. The maximum atomic E-state index is 12.8. The summed E-state index contributed by atoms with van der Waals surface area (Å²) in [4.78, 5) is 26.4. The second-order valence-corrected chi connectivity index (χ2v) is 6.69. The van der Waals surface area contributed by atoms with Gasteiger partial charge in [-0.05, 0) is 35.4 Å². The molecule has 2 N–H and O–H groups in total. The third-order valence-electron chi connectivity index (χ3n) is 4.81. The topological polar surface area (TPSA) is 78.1 Å². The molecule has 1 aromatic heterocycles. The van der Waals surface area contributed by atoms with Crippen LogP contribution in [0.25, 0.3) is 17.3 Å². The fourth-order valence-electron chi connectivity index (χ4n) is 3.48. The third-order valence-corrected chi connectivity index (χ3v) is 4.81. The van der Waals surface area contributed by atoms with Crippen molar-refractivity contribution in [1.29, 1.82) is 0 Å². The lowest BCUT2D eigenvalue weighted by molar-refractivity contribution is -0.129. The van der Waals surface area contributed by atoms with E-state index < -0.39 is 0 Å². The molecule has 6 heteroatoms. The van der Waals surface area contributed by atoms with Crippen LogP contribution in [0.4, 0.5) is 5.69 Å². The number of carbonyl (C=O) groups excluding carboxylic acids is 2. The van der Waals surface area contributed by atoms with Crippen LogP contribution in [0, 0.1) is 0 Å². The Labute approximate surface area is 162 Å². The van der Waals surface area contributed by atoms with E-state index in [4.69, 9.17) is 0 Å². The van der Waals surface area contributed by atoms with Gasteiger partial charge in [0.15, 0.2) is 0 Å². The number of hydrogen-bond donors (Lipinski definition) is 2. The molecule has 0 aliphatic carbocycles. The molecule has 1 atom stereocenters. The molecule has 2 amide bonds. The Bertz CT molecular complexity index is 1040. The highest BCUT2D eigenvalue weighted by atomic mass is 16.2. The summed E-state index contributed by atoms with van der Waals surface area (Å²) >= 11 is 0. The molecule has 0 saturated heterocycles. The van der Waals surface area contributed by atoms with Crippen LogP contribution in [-0.4, -0.2) is 26.9 Å². The van der Waals surface area contributed by atoms with Crippen LogP contribution in [0.5, 0.6) is 0 Å². The molecule has 4 rings (SSSR count). The summed E-state index contributed by atoms with van der Waals surface area (Å²) in [6.45, 7) is 1.51. The zero-order chi connectivity index (χ0) is 19.5. The van der Waals surface area contributed by atoms with Gasteiger partial charge < -0.3 is 10.2 Å². The van der Waals surface area contributed by atoms with Crippen molar-refractivity contribution in [2.45, 2.75) is 19.4 Å². The largest absolute Gasteiger partial charge is 0.326 e. The van der Waals surface area contributed by atoms with E-state index in [1.54, 1.807) is 17.3 Å². The first-order valence-corrected chi connectivity index (χ1v) is 9.07. The summed E-state index contributed by atoms with van der Waals surface area (Å²) in [7, 11) is 0. The van der Waals surface area contributed by atoms with Crippen molar-refractivity contribution in [3.8, 4) is 11.3 Å². The van der Waals surface area contributed by atoms with Gasteiger partial charge >= 0.3 is 0 Å². The maximum absolute atomic E-state index is 12.8. The molecule has 3 aromatic rings. The molecule has 140 valence electrons. The molecule has 1 aliphatic rings. The number of fused-ring (bicyclic) bond motifs is 1. The summed E-state index contributed by atoms with van der Waals surface area (Å²) in [5, 5.41) is 9.82. The standard InChI is InChI=1S/C22H20N4O2/c1-15(27)26-12-10-16-5-2-3-8-19(16)21(26)14-22(28)24-18-7-4-6-17(13-18)20-9-11-23-25-20/h2-13,21H,14H2,1H3,(H,23,25)(H,24,28). The monoisotopic (exact) mass is 372 g/mol. The molecule has 0 fully saturated rings. The maximum Gasteiger partial charge on any atom is 0.226 e. The van der Waals surface area contributed by atoms with Crippen molar-refractivity contribution in [3.63, 3.8) is 0 Å². The lowest BCUT2D eigenvalue weighted by Gasteiger charge is -2.32. The van der Waals surface area contributed by atoms with Gasteiger partial charge in [-0.2, -0.15) is 5.10 Å². The Morgan fingerprint density at radius 3 is 2.79 bits per heavy atom. The SMILES string of the molecule is CC(=O)N1C=Cc2ccccc2C1CC(=O)Nc1cccc(-c2ccn[nH]2)c1. The van der Waals surface area contributed by atoms with E-state index in [-0.39, 0.29) is 24.3 Å². The van der Waals surface area contributed by atoms with Gasteiger partial charge in [0.05, 0.1) is 18.2 Å². The number of carbonyl (C=O) groups is 2. The predicted molar refractivity (Wildman–Crippen MR) is 108 cm³/mol. The second-order valence-electron chi connectivity index (χ2n) is 6.69. The van der Waals surface area contributed by atoms with Crippen LogP contribution in [0.2, 0.25) is 0 Å². The first-order valence-electron chi connectivity index (χ1n) is 9.07. The summed E-state index contributed by atoms with van der Waals surface area (Å²) in [6, 6.07) is 16.9. The molecule has 0 saturated carbocycles. The Morgan fingerprint density at radius 2 is 2.00 bits per heavy atom. The average molecular weight is 372 g/mol. The van der Waals surface area contributed by atoms with Gasteiger partial charge in [-0.15, -0.1) is 0 Å². The van der Waals surface area contributed by atoms with Gasteiger partial charge in [0.25, 0.3) is 0 Å². The van der Waals surface area contributed by atoms with Crippen molar-refractivity contribution >= 4 is 23.6 Å². The van der Waals surface area contributed by atoms with E-state index in [1.165, 1.54) is 6.92 Å². The van der Waals surface area contributed by atoms with Crippen LogP contribution in [0.1, 0.15) is 30.5 Å². The first kappa shape index (κ1) is 17.7. The van der Waals surface area contributed by atoms with E-state index in [1.807, 2.05) is 60.7 Å². The lowest BCUT2D eigenvalue weighted by Crippen LogP contribution is -2.33. The number of benzene rings is 2. The average Bonchev–Trinajstić information content (AvgIpc) is 3.23. The smallest absolute Gasteiger partial charge is 0.226 e. The van der Waals surface area contributed by atoms with Crippen molar-refractivity contribution < 1.29 is 9.59 Å². The fraction of sp³-hybridized carbons (Fsp3) is 0.136. The molecule has 2 heterocycles. The molecule has 2 aromatic carbocycles. The number of hydrogen-bond acceptors (Lipinski definition) is 3. The van der Waals surface area contributed by atoms with Gasteiger partial charge in [-0.25, -0.2) is 0 Å². The zero-order valence-corrected chi connectivity index (χ0v) is 15.4. The number of amides is 2. The van der Waals surface area contributed by atoms with E-state index >= 15 is 0 Å². The van der Waals surface area contributed by atoms with E-state index in [0.29, 0.717) is 5.69 Å². The summed E-state index contributed by atoms with van der Waals surface area (Å²) in [5.74, 6) is -0.243. The molecule has 6 nitrogen and oxygen atoms in total. The van der Waals surface area contributed by atoms with Crippen LogP contribution in [0.15, 0.2) is 67.0 Å². The Kier molecular flexibility index (Phi) is 4.76. The second kappa shape index (κ2) is 7.52. The highest BCUT2D eigenvalue weighted by Crippen LogP contribution is 2.33. The molecule has 1 unspecified atom stereocenters. The molecule has 0 bridgehead atoms. The summed E-state index contributed by atoms with van der Waals surface area (Å²) in [5.41, 5.74) is 4.52. The number of nitrogens with one attached hydrogen (secondary N) is 2. The molecular formula is C22H20N4O2. The van der Waals surface area contributed by atoms with E-state index in [9.17, 15) is 9.59 Å². The van der Waals surface area contributed by atoms with Crippen LogP contribution in [-0.2, 0) is 9.59 Å². The molecule has 0 spiro atoms. The highest BCUT2D eigenvalue weighted by molar-refractivity contribution is 5.92. The Morgan fingerprint density at radius 1 is 1.14 bits per heavy atom. The van der Waals surface area contributed by atoms with Crippen LogP contribution >= 0.6 is 0 Å². The van der Waals surface area contributed by atoms with Crippen molar-refractivity contribution in [2.75, 3.05) is 5.32 Å². The van der Waals surface area contributed by atoms with Crippen LogP contribution < -0.4 is 5.32 Å². The van der Waals surface area contributed by atoms with Gasteiger partial charge in [0, 0.05) is 30.6 Å².